The molecule has 3 heteroatoms. The van der Waals surface area contributed by atoms with E-state index in [1.54, 1.807) is 0 Å². The van der Waals surface area contributed by atoms with Gasteiger partial charge in [-0.3, -0.25) is 0 Å². The normalized spacial score (nSPS) is 18.7. The number of imidazole rings is 1. The van der Waals surface area contributed by atoms with Gasteiger partial charge in [-0.25, -0.2) is 4.98 Å². The highest BCUT2D eigenvalue weighted by molar-refractivity contribution is 5.08. The van der Waals surface area contributed by atoms with Gasteiger partial charge in [0.15, 0.2) is 0 Å². The van der Waals surface area contributed by atoms with E-state index in [9.17, 15) is 0 Å². The first-order valence-electron chi connectivity index (χ1n) is 5.53. The lowest BCUT2D eigenvalue weighted by atomic mass is 9.89. The summed E-state index contributed by atoms with van der Waals surface area (Å²) in [4.78, 5) is 4.59. The van der Waals surface area contributed by atoms with E-state index in [1.807, 2.05) is 0 Å². The van der Waals surface area contributed by atoms with Crippen molar-refractivity contribution in [3.8, 4) is 0 Å². The Labute approximate surface area is 85.3 Å². The number of hydrogen-bond donors (Lipinski definition) is 1. The fraction of sp³-hybridized carbons (Fsp3) is 0.727. The van der Waals surface area contributed by atoms with Crippen molar-refractivity contribution >= 4 is 0 Å². The monoisotopic (exact) mass is 193 g/mol. The molecule has 1 aromatic rings. The summed E-state index contributed by atoms with van der Waals surface area (Å²) >= 11 is 0. The number of nitrogens with two attached hydrogens (primary N) is 1. The van der Waals surface area contributed by atoms with Crippen molar-refractivity contribution in [2.45, 2.75) is 44.6 Å². The van der Waals surface area contributed by atoms with Gasteiger partial charge < -0.3 is 10.3 Å². The quantitative estimate of drug-likeness (QED) is 0.780. The molecular weight excluding hydrogens is 174 g/mol. The number of aryl methyl sites for hydroxylation is 1. The molecule has 0 bridgehead atoms. The molecule has 1 aliphatic carbocycles. The molecule has 2 N–H and O–H groups in total. The molecule has 2 rings (SSSR count). The summed E-state index contributed by atoms with van der Waals surface area (Å²) < 4.78 is 2.15. The van der Waals surface area contributed by atoms with Crippen LogP contribution in [0.4, 0.5) is 0 Å². The standard InChI is InChI=1S/C11H19N3/c1-14-8-10(7-12)13-11(14)9-5-3-2-4-6-9/h8-9H,2-7,12H2,1H3. The van der Waals surface area contributed by atoms with Crippen molar-refractivity contribution in [1.29, 1.82) is 0 Å². The third-order valence-corrected chi connectivity index (χ3v) is 3.14. The van der Waals surface area contributed by atoms with Crippen LogP contribution in [0.1, 0.15) is 49.5 Å². The average Bonchev–Trinajstić information content (AvgIpc) is 2.61. The molecule has 0 saturated heterocycles. The molecule has 0 unspecified atom stereocenters. The maximum atomic E-state index is 5.59. The Morgan fingerprint density at radius 3 is 2.71 bits per heavy atom. The van der Waals surface area contributed by atoms with Crippen LogP contribution in [0.5, 0.6) is 0 Å². The predicted octanol–water partition coefficient (Wildman–Crippen LogP) is 1.93. The number of rotatable bonds is 2. The van der Waals surface area contributed by atoms with E-state index in [0.717, 1.165) is 5.69 Å². The van der Waals surface area contributed by atoms with Gasteiger partial charge in [0.05, 0.1) is 5.69 Å². The highest BCUT2D eigenvalue weighted by atomic mass is 15.1. The molecule has 1 heterocycles. The first kappa shape index (κ1) is 9.71. The summed E-state index contributed by atoms with van der Waals surface area (Å²) in [6.07, 6.45) is 8.77. The molecule has 1 saturated carbocycles. The summed E-state index contributed by atoms with van der Waals surface area (Å²) in [5.41, 5.74) is 6.61. The van der Waals surface area contributed by atoms with Gasteiger partial charge in [0.25, 0.3) is 0 Å². The summed E-state index contributed by atoms with van der Waals surface area (Å²) in [6.45, 7) is 0.556. The zero-order chi connectivity index (χ0) is 9.97. The molecular formula is C11H19N3. The van der Waals surface area contributed by atoms with Crippen molar-refractivity contribution in [3.05, 3.63) is 17.7 Å². The van der Waals surface area contributed by atoms with Crippen LogP contribution in [0.2, 0.25) is 0 Å². The smallest absolute Gasteiger partial charge is 0.111 e. The molecule has 1 aromatic heterocycles. The zero-order valence-corrected chi connectivity index (χ0v) is 8.87. The topological polar surface area (TPSA) is 43.8 Å². The molecule has 3 nitrogen and oxygen atoms in total. The van der Waals surface area contributed by atoms with Gasteiger partial charge in [0, 0.05) is 25.7 Å². The molecule has 0 aromatic carbocycles. The van der Waals surface area contributed by atoms with Gasteiger partial charge in [0.1, 0.15) is 5.82 Å². The van der Waals surface area contributed by atoms with Crippen LogP contribution < -0.4 is 5.73 Å². The number of nitrogens with zero attached hydrogens (tertiary/aromatic N) is 2. The second-order valence-electron chi connectivity index (χ2n) is 4.24. The molecule has 0 radical (unpaired) electrons. The van der Waals surface area contributed by atoms with Crippen molar-refractivity contribution < 1.29 is 0 Å². The van der Waals surface area contributed by atoms with Crippen LogP contribution in [0.25, 0.3) is 0 Å². The van der Waals surface area contributed by atoms with Gasteiger partial charge in [-0.2, -0.15) is 0 Å². The van der Waals surface area contributed by atoms with Crippen molar-refractivity contribution in [1.82, 2.24) is 9.55 Å². The first-order chi connectivity index (χ1) is 6.81. The van der Waals surface area contributed by atoms with Crippen LogP contribution in [0.3, 0.4) is 0 Å². The van der Waals surface area contributed by atoms with Crippen molar-refractivity contribution in [2.24, 2.45) is 12.8 Å². The number of aromatic nitrogens is 2. The lowest BCUT2D eigenvalue weighted by Crippen LogP contribution is -2.09. The summed E-state index contributed by atoms with van der Waals surface area (Å²) in [5, 5.41) is 0. The molecule has 1 fully saturated rings. The minimum Gasteiger partial charge on any atom is -0.337 e. The number of hydrogen-bond acceptors (Lipinski definition) is 2. The van der Waals surface area contributed by atoms with E-state index in [0.29, 0.717) is 12.5 Å². The summed E-state index contributed by atoms with van der Waals surface area (Å²) in [6, 6.07) is 0. The Morgan fingerprint density at radius 2 is 2.14 bits per heavy atom. The first-order valence-corrected chi connectivity index (χ1v) is 5.53. The van der Waals surface area contributed by atoms with E-state index in [1.165, 1.54) is 37.9 Å². The van der Waals surface area contributed by atoms with E-state index in [4.69, 9.17) is 5.73 Å². The molecule has 1 aliphatic rings. The van der Waals surface area contributed by atoms with E-state index in [-0.39, 0.29) is 0 Å². The van der Waals surface area contributed by atoms with Crippen molar-refractivity contribution in [2.75, 3.05) is 0 Å². The molecule has 0 atom stereocenters. The molecule has 78 valence electrons. The second kappa shape index (κ2) is 4.13. The van der Waals surface area contributed by atoms with E-state index >= 15 is 0 Å². The molecule has 0 spiro atoms. The van der Waals surface area contributed by atoms with E-state index < -0.39 is 0 Å². The molecule has 0 amide bonds. The van der Waals surface area contributed by atoms with Crippen molar-refractivity contribution in [3.63, 3.8) is 0 Å². The Kier molecular flexibility index (Phi) is 2.87. The second-order valence-corrected chi connectivity index (χ2v) is 4.24. The lowest BCUT2D eigenvalue weighted by molar-refractivity contribution is 0.421. The van der Waals surface area contributed by atoms with Gasteiger partial charge >= 0.3 is 0 Å². The lowest BCUT2D eigenvalue weighted by Gasteiger charge is -2.20. The fourth-order valence-electron chi connectivity index (χ4n) is 2.38. The van der Waals surface area contributed by atoms with Crippen LogP contribution in [-0.4, -0.2) is 9.55 Å². The Hall–Kier alpha value is -0.830. The zero-order valence-electron chi connectivity index (χ0n) is 8.87. The van der Waals surface area contributed by atoms with Crippen LogP contribution in [0.15, 0.2) is 6.20 Å². The minimum absolute atomic E-state index is 0.556. The molecule has 0 aliphatic heterocycles. The summed E-state index contributed by atoms with van der Waals surface area (Å²) in [5.74, 6) is 1.92. The van der Waals surface area contributed by atoms with Gasteiger partial charge in [-0.05, 0) is 12.8 Å². The minimum atomic E-state index is 0.556. The third kappa shape index (κ3) is 1.82. The highest BCUT2D eigenvalue weighted by Gasteiger charge is 2.19. The van der Waals surface area contributed by atoms with E-state index in [2.05, 4.69) is 22.8 Å². The third-order valence-electron chi connectivity index (χ3n) is 3.14. The Morgan fingerprint density at radius 1 is 1.43 bits per heavy atom. The van der Waals surface area contributed by atoms with Gasteiger partial charge in [0.2, 0.25) is 0 Å². The van der Waals surface area contributed by atoms with Gasteiger partial charge in [-0.1, -0.05) is 19.3 Å². The van der Waals surface area contributed by atoms with Crippen LogP contribution in [-0.2, 0) is 13.6 Å². The summed E-state index contributed by atoms with van der Waals surface area (Å²) in [7, 11) is 2.08. The largest absolute Gasteiger partial charge is 0.337 e. The SMILES string of the molecule is Cn1cc(CN)nc1C1CCCCC1. The van der Waals surface area contributed by atoms with Crippen LogP contribution in [0, 0.1) is 0 Å². The average molecular weight is 193 g/mol. The Balaban J connectivity index is 2.17. The van der Waals surface area contributed by atoms with Gasteiger partial charge in [-0.15, -0.1) is 0 Å². The maximum absolute atomic E-state index is 5.59. The predicted molar refractivity (Wildman–Crippen MR) is 56.9 cm³/mol. The highest BCUT2D eigenvalue weighted by Crippen LogP contribution is 2.31. The Bertz CT molecular complexity index is 297. The maximum Gasteiger partial charge on any atom is 0.111 e. The fourth-order valence-corrected chi connectivity index (χ4v) is 2.38. The van der Waals surface area contributed by atoms with Crippen LogP contribution >= 0.6 is 0 Å². The molecule has 14 heavy (non-hydrogen) atoms.